The van der Waals surface area contributed by atoms with Crippen molar-refractivity contribution in [1.82, 2.24) is 10.2 Å². The summed E-state index contributed by atoms with van der Waals surface area (Å²) in [6, 6.07) is 15.5. The van der Waals surface area contributed by atoms with Crippen LogP contribution in [0, 0.1) is 6.92 Å². The molecule has 1 atom stereocenters. The summed E-state index contributed by atoms with van der Waals surface area (Å²) in [5.74, 6) is 0.134. The third-order valence-electron chi connectivity index (χ3n) is 4.54. The first-order valence-corrected chi connectivity index (χ1v) is 8.48. The van der Waals surface area contributed by atoms with Gasteiger partial charge in [-0.05, 0) is 55.6 Å². The number of piperidine rings is 1. The number of amides is 1. The number of nitrogens with one attached hydrogen (secondary N) is 1. The first-order valence-electron chi connectivity index (χ1n) is 8.48. The molecule has 0 spiro atoms. The minimum atomic E-state index is -0.0564. The highest BCUT2D eigenvalue weighted by atomic mass is 16.3. The molecule has 0 unspecified atom stereocenters. The van der Waals surface area contributed by atoms with Crippen LogP contribution in [0.5, 0.6) is 5.75 Å². The molecule has 126 valence electrons. The Morgan fingerprint density at radius 2 is 2.04 bits per heavy atom. The second-order valence-electron chi connectivity index (χ2n) is 6.53. The molecular formula is C20H24N2O2. The lowest BCUT2D eigenvalue weighted by molar-refractivity contribution is 0.0900. The third-order valence-corrected chi connectivity index (χ3v) is 4.54. The van der Waals surface area contributed by atoms with Gasteiger partial charge in [-0.3, -0.25) is 9.69 Å². The Morgan fingerprint density at radius 3 is 2.79 bits per heavy atom. The number of nitrogens with zero attached hydrogens (tertiary/aromatic N) is 1. The van der Waals surface area contributed by atoms with E-state index in [-0.39, 0.29) is 17.7 Å². The minimum absolute atomic E-state index is 0.0564. The summed E-state index contributed by atoms with van der Waals surface area (Å²) in [6.07, 6.45) is 2.10. The predicted octanol–water partition coefficient (Wildman–Crippen LogP) is 3.10. The summed E-state index contributed by atoms with van der Waals surface area (Å²) in [4.78, 5) is 14.9. The van der Waals surface area contributed by atoms with Gasteiger partial charge in [0.25, 0.3) is 5.91 Å². The van der Waals surface area contributed by atoms with Gasteiger partial charge in [0.2, 0.25) is 0 Å². The van der Waals surface area contributed by atoms with E-state index in [2.05, 4.69) is 34.5 Å². The number of phenols is 1. The Hall–Kier alpha value is -2.33. The van der Waals surface area contributed by atoms with E-state index < -0.39 is 0 Å². The number of likely N-dealkylation sites (tertiary alicyclic amines) is 1. The molecule has 0 aromatic heterocycles. The molecule has 0 radical (unpaired) electrons. The second-order valence-corrected chi connectivity index (χ2v) is 6.53. The van der Waals surface area contributed by atoms with E-state index in [0.29, 0.717) is 5.56 Å². The molecule has 0 aliphatic carbocycles. The zero-order chi connectivity index (χ0) is 16.9. The van der Waals surface area contributed by atoms with Crippen molar-refractivity contribution in [3.8, 4) is 5.75 Å². The maximum absolute atomic E-state index is 12.5. The van der Waals surface area contributed by atoms with Gasteiger partial charge in [-0.15, -0.1) is 0 Å². The predicted molar refractivity (Wildman–Crippen MR) is 95.1 cm³/mol. The first kappa shape index (κ1) is 16.5. The highest BCUT2D eigenvalue weighted by Gasteiger charge is 2.22. The highest BCUT2D eigenvalue weighted by molar-refractivity contribution is 5.96. The van der Waals surface area contributed by atoms with E-state index in [9.17, 15) is 9.90 Å². The molecule has 1 aliphatic heterocycles. The molecule has 2 N–H and O–H groups in total. The summed E-state index contributed by atoms with van der Waals surface area (Å²) in [5.41, 5.74) is 2.73. The number of rotatable bonds is 4. The molecule has 1 aliphatic rings. The van der Waals surface area contributed by atoms with Crippen LogP contribution in [0.1, 0.15) is 34.3 Å². The van der Waals surface area contributed by atoms with Crippen LogP contribution >= 0.6 is 0 Å². The topological polar surface area (TPSA) is 52.6 Å². The summed E-state index contributed by atoms with van der Waals surface area (Å²) >= 11 is 0. The zero-order valence-electron chi connectivity index (χ0n) is 14.0. The number of aromatic hydroxyl groups is 1. The molecule has 0 saturated carbocycles. The number of aryl methyl sites for hydroxylation is 1. The van der Waals surface area contributed by atoms with Gasteiger partial charge in [0.1, 0.15) is 5.75 Å². The van der Waals surface area contributed by atoms with Gasteiger partial charge in [-0.2, -0.15) is 0 Å². The van der Waals surface area contributed by atoms with E-state index in [0.717, 1.165) is 38.0 Å². The first-order chi connectivity index (χ1) is 11.6. The summed E-state index contributed by atoms with van der Waals surface area (Å²) < 4.78 is 0. The molecule has 1 fully saturated rings. The van der Waals surface area contributed by atoms with Crippen molar-refractivity contribution in [2.24, 2.45) is 0 Å². The van der Waals surface area contributed by atoms with Crippen molar-refractivity contribution < 1.29 is 9.90 Å². The minimum Gasteiger partial charge on any atom is -0.508 e. The van der Waals surface area contributed by atoms with Gasteiger partial charge < -0.3 is 10.4 Å². The Morgan fingerprint density at radius 1 is 1.25 bits per heavy atom. The number of benzene rings is 2. The normalized spacial score (nSPS) is 18.3. The maximum atomic E-state index is 12.5. The van der Waals surface area contributed by atoms with E-state index in [1.165, 1.54) is 5.56 Å². The van der Waals surface area contributed by atoms with Crippen LogP contribution in [0.15, 0.2) is 48.5 Å². The molecule has 4 heteroatoms. The number of hydrogen-bond acceptors (Lipinski definition) is 3. The van der Waals surface area contributed by atoms with Gasteiger partial charge in [0.05, 0.1) is 0 Å². The smallest absolute Gasteiger partial charge is 0.251 e. The van der Waals surface area contributed by atoms with E-state index in [4.69, 9.17) is 0 Å². The van der Waals surface area contributed by atoms with Crippen LogP contribution in [0.25, 0.3) is 0 Å². The lowest BCUT2D eigenvalue weighted by Crippen LogP contribution is -2.47. The zero-order valence-corrected chi connectivity index (χ0v) is 14.0. The number of phenolic OH excluding ortho intramolecular Hbond substituents is 1. The van der Waals surface area contributed by atoms with Crippen molar-refractivity contribution >= 4 is 5.91 Å². The fraction of sp³-hybridized carbons (Fsp3) is 0.350. The summed E-state index contributed by atoms with van der Waals surface area (Å²) in [5, 5.41) is 12.6. The lowest BCUT2D eigenvalue weighted by Gasteiger charge is -2.33. The van der Waals surface area contributed by atoms with Crippen LogP contribution < -0.4 is 5.32 Å². The fourth-order valence-electron chi connectivity index (χ4n) is 3.32. The van der Waals surface area contributed by atoms with Gasteiger partial charge in [0.15, 0.2) is 0 Å². The van der Waals surface area contributed by atoms with Crippen LogP contribution in [-0.4, -0.2) is 35.0 Å². The standard InChI is InChI=1S/C20H24N2O2/c1-15-12-18(23)9-10-19(15)20(24)21-17-8-5-11-22(14-17)13-16-6-3-2-4-7-16/h2-4,6-7,9-10,12,17,23H,5,8,11,13-14H2,1H3,(H,21,24)/t17-/m0/s1. The van der Waals surface area contributed by atoms with Crippen molar-refractivity contribution in [3.05, 3.63) is 65.2 Å². The molecule has 3 rings (SSSR count). The van der Waals surface area contributed by atoms with E-state index >= 15 is 0 Å². The number of hydrogen-bond donors (Lipinski definition) is 2. The van der Waals surface area contributed by atoms with Crippen LogP contribution in [-0.2, 0) is 6.54 Å². The van der Waals surface area contributed by atoms with Gasteiger partial charge in [-0.25, -0.2) is 0 Å². The second kappa shape index (κ2) is 7.49. The van der Waals surface area contributed by atoms with E-state index in [1.54, 1.807) is 18.2 Å². The fourth-order valence-corrected chi connectivity index (χ4v) is 3.32. The highest BCUT2D eigenvalue weighted by Crippen LogP contribution is 2.17. The van der Waals surface area contributed by atoms with Crippen molar-refractivity contribution in [3.63, 3.8) is 0 Å². The average Bonchev–Trinajstić information content (AvgIpc) is 2.56. The van der Waals surface area contributed by atoms with Crippen LogP contribution in [0.4, 0.5) is 0 Å². The van der Waals surface area contributed by atoms with Gasteiger partial charge in [-0.1, -0.05) is 30.3 Å². The molecule has 24 heavy (non-hydrogen) atoms. The van der Waals surface area contributed by atoms with E-state index in [1.807, 2.05) is 13.0 Å². The van der Waals surface area contributed by atoms with Crippen molar-refractivity contribution in [2.75, 3.05) is 13.1 Å². The van der Waals surface area contributed by atoms with Gasteiger partial charge in [0, 0.05) is 24.7 Å². The number of carbonyl (C=O) groups is 1. The Balaban J connectivity index is 1.59. The molecular weight excluding hydrogens is 300 g/mol. The molecule has 0 bridgehead atoms. The lowest BCUT2D eigenvalue weighted by atomic mass is 10.0. The van der Waals surface area contributed by atoms with Crippen LogP contribution in [0.3, 0.4) is 0 Å². The molecule has 4 nitrogen and oxygen atoms in total. The summed E-state index contributed by atoms with van der Waals surface area (Å²) in [6.45, 7) is 4.71. The SMILES string of the molecule is Cc1cc(O)ccc1C(=O)N[C@H]1CCCN(Cc2ccccc2)C1. The Bertz CT molecular complexity index is 700. The largest absolute Gasteiger partial charge is 0.508 e. The van der Waals surface area contributed by atoms with Gasteiger partial charge >= 0.3 is 0 Å². The Labute approximate surface area is 143 Å². The third kappa shape index (κ3) is 4.15. The number of carbonyl (C=O) groups excluding carboxylic acids is 1. The summed E-state index contributed by atoms with van der Waals surface area (Å²) in [7, 11) is 0. The molecule has 2 aromatic rings. The molecule has 1 heterocycles. The molecule has 1 saturated heterocycles. The average molecular weight is 324 g/mol. The monoisotopic (exact) mass is 324 g/mol. The Kier molecular flexibility index (Phi) is 5.16. The maximum Gasteiger partial charge on any atom is 0.251 e. The van der Waals surface area contributed by atoms with Crippen molar-refractivity contribution in [2.45, 2.75) is 32.4 Å². The molecule has 1 amide bonds. The van der Waals surface area contributed by atoms with Crippen molar-refractivity contribution in [1.29, 1.82) is 0 Å². The molecule has 2 aromatic carbocycles. The quantitative estimate of drug-likeness (QED) is 0.909. The van der Waals surface area contributed by atoms with Crippen LogP contribution in [0.2, 0.25) is 0 Å².